The summed E-state index contributed by atoms with van der Waals surface area (Å²) in [5.41, 5.74) is 9.32. The van der Waals surface area contributed by atoms with Crippen molar-refractivity contribution in [3.8, 4) is 11.1 Å². The zero-order chi connectivity index (χ0) is 16.1. The van der Waals surface area contributed by atoms with Gasteiger partial charge in [0, 0.05) is 5.41 Å². The SMILES string of the molecule is CCC1(CC)c2ccccc2-c2c(C)cc(C(C)(C)C)cc21. The van der Waals surface area contributed by atoms with E-state index in [0.717, 1.165) is 0 Å². The molecule has 0 N–H and O–H groups in total. The Kier molecular flexibility index (Phi) is 3.47. The van der Waals surface area contributed by atoms with E-state index in [1.807, 2.05) is 0 Å². The van der Waals surface area contributed by atoms with Crippen LogP contribution in [0.15, 0.2) is 36.4 Å². The maximum Gasteiger partial charge on any atom is 0.0210 e. The lowest BCUT2D eigenvalue weighted by Crippen LogP contribution is -2.24. The summed E-state index contributed by atoms with van der Waals surface area (Å²) >= 11 is 0. The zero-order valence-electron chi connectivity index (χ0n) is 14.9. The molecular weight excluding hydrogens is 264 g/mol. The Morgan fingerprint density at radius 3 is 2.14 bits per heavy atom. The smallest absolute Gasteiger partial charge is 0.0210 e. The average Bonchev–Trinajstić information content (AvgIpc) is 2.77. The second-order valence-electron chi connectivity index (χ2n) is 7.80. The molecule has 1 aliphatic rings. The van der Waals surface area contributed by atoms with Crippen LogP contribution in [-0.4, -0.2) is 0 Å². The van der Waals surface area contributed by atoms with Crippen LogP contribution in [-0.2, 0) is 10.8 Å². The van der Waals surface area contributed by atoms with E-state index in [1.165, 1.54) is 40.7 Å². The van der Waals surface area contributed by atoms with Gasteiger partial charge in [0.15, 0.2) is 0 Å². The third-order valence-electron chi connectivity index (χ3n) is 5.64. The molecule has 0 saturated heterocycles. The van der Waals surface area contributed by atoms with Crippen molar-refractivity contribution in [1.82, 2.24) is 0 Å². The number of fused-ring (bicyclic) bond motifs is 3. The maximum absolute atomic E-state index is 2.50. The van der Waals surface area contributed by atoms with Gasteiger partial charge in [0.05, 0.1) is 0 Å². The molecule has 2 aromatic rings. The molecule has 0 spiro atoms. The second-order valence-corrected chi connectivity index (χ2v) is 7.80. The van der Waals surface area contributed by atoms with Crippen LogP contribution >= 0.6 is 0 Å². The molecule has 0 heterocycles. The highest BCUT2D eigenvalue weighted by molar-refractivity contribution is 5.83. The molecular formula is C22H28. The van der Waals surface area contributed by atoms with E-state index in [1.54, 1.807) is 5.56 Å². The summed E-state index contributed by atoms with van der Waals surface area (Å²) in [6.07, 6.45) is 2.33. The summed E-state index contributed by atoms with van der Waals surface area (Å²) in [7, 11) is 0. The molecule has 0 fully saturated rings. The van der Waals surface area contributed by atoms with Crippen molar-refractivity contribution in [2.24, 2.45) is 0 Å². The van der Waals surface area contributed by atoms with Crippen molar-refractivity contribution in [3.05, 3.63) is 58.7 Å². The molecule has 0 amide bonds. The van der Waals surface area contributed by atoms with Gasteiger partial charge >= 0.3 is 0 Å². The van der Waals surface area contributed by atoms with Crippen molar-refractivity contribution >= 4 is 0 Å². The monoisotopic (exact) mass is 292 g/mol. The van der Waals surface area contributed by atoms with Gasteiger partial charge in [-0.3, -0.25) is 0 Å². The Labute approximate surface area is 135 Å². The highest BCUT2D eigenvalue weighted by Gasteiger charge is 2.41. The molecule has 2 aromatic carbocycles. The molecule has 0 unspecified atom stereocenters. The molecule has 0 nitrogen and oxygen atoms in total. The van der Waals surface area contributed by atoms with E-state index in [-0.39, 0.29) is 10.8 Å². The predicted molar refractivity (Wildman–Crippen MR) is 96.7 cm³/mol. The van der Waals surface area contributed by atoms with Crippen molar-refractivity contribution < 1.29 is 0 Å². The first-order valence-corrected chi connectivity index (χ1v) is 8.60. The highest BCUT2D eigenvalue weighted by Crippen LogP contribution is 2.54. The first-order chi connectivity index (χ1) is 10.3. The molecule has 0 atom stereocenters. The van der Waals surface area contributed by atoms with Gasteiger partial charge in [-0.25, -0.2) is 0 Å². The van der Waals surface area contributed by atoms with Crippen LogP contribution in [0.3, 0.4) is 0 Å². The fourth-order valence-electron chi connectivity index (χ4n) is 4.23. The molecule has 0 bridgehead atoms. The average molecular weight is 292 g/mol. The summed E-state index contributed by atoms with van der Waals surface area (Å²) in [4.78, 5) is 0. The fraction of sp³-hybridized carbons (Fsp3) is 0.455. The van der Waals surface area contributed by atoms with Crippen molar-refractivity contribution in [1.29, 1.82) is 0 Å². The van der Waals surface area contributed by atoms with Gasteiger partial charge in [0.25, 0.3) is 0 Å². The highest BCUT2D eigenvalue weighted by atomic mass is 14.4. The summed E-state index contributed by atoms with van der Waals surface area (Å²) in [6.45, 7) is 13.9. The largest absolute Gasteiger partial charge is 0.0642 e. The minimum atomic E-state index is 0.192. The summed E-state index contributed by atoms with van der Waals surface area (Å²) < 4.78 is 0. The van der Waals surface area contributed by atoms with Crippen molar-refractivity contribution in [2.75, 3.05) is 0 Å². The topological polar surface area (TPSA) is 0 Å². The minimum absolute atomic E-state index is 0.192. The Bertz CT molecular complexity index is 709. The fourth-order valence-corrected chi connectivity index (χ4v) is 4.23. The van der Waals surface area contributed by atoms with Gasteiger partial charge in [-0.05, 0) is 58.6 Å². The third kappa shape index (κ3) is 1.96. The minimum Gasteiger partial charge on any atom is -0.0642 e. The predicted octanol–water partition coefficient (Wildman–Crippen LogP) is 6.38. The van der Waals surface area contributed by atoms with Crippen molar-refractivity contribution in [3.63, 3.8) is 0 Å². The van der Waals surface area contributed by atoms with Crippen LogP contribution in [0.4, 0.5) is 0 Å². The Balaban J connectivity index is 2.38. The first kappa shape index (κ1) is 15.3. The summed E-state index contributed by atoms with van der Waals surface area (Å²) in [5.74, 6) is 0. The number of aryl methyl sites for hydroxylation is 1. The van der Waals surface area contributed by atoms with E-state index < -0.39 is 0 Å². The lowest BCUT2D eigenvalue weighted by Gasteiger charge is -2.31. The van der Waals surface area contributed by atoms with Gasteiger partial charge in [0.2, 0.25) is 0 Å². The lowest BCUT2D eigenvalue weighted by molar-refractivity contribution is 0.487. The Morgan fingerprint density at radius 1 is 0.909 bits per heavy atom. The molecule has 0 aliphatic heterocycles. The lowest BCUT2D eigenvalue weighted by atomic mass is 9.72. The Hall–Kier alpha value is -1.56. The molecule has 0 radical (unpaired) electrons. The number of benzene rings is 2. The molecule has 0 aromatic heterocycles. The molecule has 1 aliphatic carbocycles. The van der Waals surface area contributed by atoms with E-state index in [0.29, 0.717) is 0 Å². The van der Waals surface area contributed by atoms with Crippen molar-refractivity contribution in [2.45, 2.75) is 65.2 Å². The van der Waals surface area contributed by atoms with E-state index >= 15 is 0 Å². The summed E-state index contributed by atoms with van der Waals surface area (Å²) in [6, 6.07) is 13.9. The van der Waals surface area contributed by atoms with Crippen LogP contribution in [0.2, 0.25) is 0 Å². The molecule has 116 valence electrons. The number of rotatable bonds is 2. The van der Waals surface area contributed by atoms with Crippen LogP contribution in [0.5, 0.6) is 0 Å². The normalized spacial score (nSPS) is 15.5. The van der Waals surface area contributed by atoms with E-state index in [4.69, 9.17) is 0 Å². The Morgan fingerprint density at radius 2 is 1.55 bits per heavy atom. The molecule has 3 rings (SSSR count). The van der Waals surface area contributed by atoms with Gasteiger partial charge < -0.3 is 0 Å². The first-order valence-electron chi connectivity index (χ1n) is 8.60. The second kappa shape index (κ2) is 4.98. The van der Waals surface area contributed by atoms with E-state index in [9.17, 15) is 0 Å². The zero-order valence-corrected chi connectivity index (χ0v) is 14.9. The molecule has 0 heteroatoms. The van der Waals surface area contributed by atoms with Crippen LogP contribution in [0.25, 0.3) is 11.1 Å². The number of hydrogen-bond acceptors (Lipinski definition) is 0. The van der Waals surface area contributed by atoms with Gasteiger partial charge in [-0.15, -0.1) is 0 Å². The third-order valence-corrected chi connectivity index (χ3v) is 5.64. The van der Waals surface area contributed by atoms with Crippen LogP contribution in [0.1, 0.15) is 69.7 Å². The van der Waals surface area contributed by atoms with Crippen LogP contribution in [0, 0.1) is 6.92 Å². The quantitative estimate of drug-likeness (QED) is 0.602. The maximum atomic E-state index is 2.50. The van der Waals surface area contributed by atoms with E-state index in [2.05, 4.69) is 77.9 Å². The standard InChI is InChI=1S/C22H28/c1-7-22(8-2)18-12-10-9-11-17(18)20-15(3)13-16(14-19(20)22)21(4,5)6/h9-14H,7-8H2,1-6H3. The summed E-state index contributed by atoms with van der Waals surface area (Å²) in [5, 5.41) is 0. The van der Waals surface area contributed by atoms with Gasteiger partial charge in [0.1, 0.15) is 0 Å². The van der Waals surface area contributed by atoms with Crippen LogP contribution < -0.4 is 0 Å². The van der Waals surface area contributed by atoms with Gasteiger partial charge in [-0.1, -0.05) is 71.0 Å². The van der Waals surface area contributed by atoms with Gasteiger partial charge in [-0.2, -0.15) is 0 Å². The molecule has 22 heavy (non-hydrogen) atoms. The molecule has 0 saturated carbocycles. The number of hydrogen-bond donors (Lipinski definition) is 0.